The second kappa shape index (κ2) is 7.66. The third-order valence-electron chi connectivity index (χ3n) is 3.96. The summed E-state index contributed by atoms with van der Waals surface area (Å²) in [5.41, 5.74) is 2.57. The van der Waals surface area contributed by atoms with Crippen molar-refractivity contribution in [1.29, 1.82) is 5.26 Å². The predicted octanol–water partition coefficient (Wildman–Crippen LogP) is 2.51. The average molecular weight is 363 g/mol. The van der Waals surface area contributed by atoms with Gasteiger partial charge in [-0.2, -0.15) is 5.26 Å². The van der Waals surface area contributed by atoms with Crippen molar-refractivity contribution >= 4 is 28.6 Å². The molecule has 0 spiro atoms. The SMILES string of the molecule is CCn1nnc2cc(C(=O)O[C@@H](C)C(=O)Nc3cccc(C#N)c3)ccc21. The number of nitrogens with one attached hydrogen (secondary N) is 1. The van der Waals surface area contributed by atoms with E-state index in [-0.39, 0.29) is 5.56 Å². The number of ether oxygens (including phenoxy) is 1. The first-order valence-electron chi connectivity index (χ1n) is 8.37. The van der Waals surface area contributed by atoms with Crippen LogP contribution in [0.1, 0.15) is 29.8 Å². The number of fused-ring (bicyclic) bond motifs is 1. The first-order chi connectivity index (χ1) is 13.0. The number of amides is 1. The van der Waals surface area contributed by atoms with Gasteiger partial charge in [-0.25, -0.2) is 9.48 Å². The Morgan fingerprint density at radius 3 is 2.85 bits per heavy atom. The zero-order chi connectivity index (χ0) is 19.4. The van der Waals surface area contributed by atoms with Gasteiger partial charge in [0.1, 0.15) is 5.52 Å². The Balaban J connectivity index is 1.67. The van der Waals surface area contributed by atoms with Crippen molar-refractivity contribution in [1.82, 2.24) is 15.0 Å². The lowest BCUT2D eigenvalue weighted by Gasteiger charge is -2.13. The highest BCUT2D eigenvalue weighted by Gasteiger charge is 2.20. The minimum Gasteiger partial charge on any atom is -0.449 e. The van der Waals surface area contributed by atoms with Gasteiger partial charge in [0.2, 0.25) is 0 Å². The van der Waals surface area contributed by atoms with Crippen LogP contribution in [0.25, 0.3) is 11.0 Å². The van der Waals surface area contributed by atoms with Crippen LogP contribution in [0.15, 0.2) is 42.5 Å². The Bertz CT molecular complexity index is 1050. The summed E-state index contributed by atoms with van der Waals surface area (Å²) in [6.07, 6.45) is -1.01. The lowest BCUT2D eigenvalue weighted by atomic mass is 10.2. The quantitative estimate of drug-likeness (QED) is 0.698. The Kier molecular flexibility index (Phi) is 5.13. The summed E-state index contributed by atoms with van der Waals surface area (Å²) in [6.45, 7) is 4.10. The van der Waals surface area contributed by atoms with Gasteiger partial charge in [0.05, 0.1) is 22.7 Å². The van der Waals surface area contributed by atoms with E-state index in [4.69, 9.17) is 10.00 Å². The van der Waals surface area contributed by atoms with Gasteiger partial charge in [-0.15, -0.1) is 5.10 Å². The van der Waals surface area contributed by atoms with Crippen LogP contribution >= 0.6 is 0 Å². The molecule has 27 heavy (non-hydrogen) atoms. The number of carbonyl (C=O) groups excluding carboxylic acids is 2. The molecule has 0 unspecified atom stereocenters. The second-order valence-corrected chi connectivity index (χ2v) is 5.84. The van der Waals surface area contributed by atoms with Gasteiger partial charge in [0.15, 0.2) is 6.10 Å². The van der Waals surface area contributed by atoms with Gasteiger partial charge in [0, 0.05) is 12.2 Å². The van der Waals surface area contributed by atoms with Gasteiger partial charge in [-0.3, -0.25) is 4.79 Å². The van der Waals surface area contributed by atoms with E-state index in [1.165, 1.54) is 13.0 Å². The molecule has 3 aromatic rings. The first-order valence-corrected chi connectivity index (χ1v) is 8.37. The molecule has 0 saturated heterocycles. The fourth-order valence-corrected chi connectivity index (χ4v) is 2.53. The maximum atomic E-state index is 12.3. The molecule has 0 aliphatic heterocycles. The molecule has 8 nitrogen and oxygen atoms in total. The lowest BCUT2D eigenvalue weighted by Crippen LogP contribution is -2.30. The van der Waals surface area contributed by atoms with E-state index < -0.39 is 18.0 Å². The van der Waals surface area contributed by atoms with Crippen LogP contribution in [0.3, 0.4) is 0 Å². The van der Waals surface area contributed by atoms with E-state index in [1.54, 1.807) is 41.1 Å². The van der Waals surface area contributed by atoms with Crippen molar-refractivity contribution in [2.75, 3.05) is 5.32 Å². The normalized spacial score (nSPS) is 11.6. The molecule has 0 aliphatic rings. The van der Waals surface area contributed by atoms with Crippen molar-refractivity contribution in [2.45, 2.75) is 26.5 Å². The van der Waals surface area contributed by atoms with Gasteiger partial charge in [-0.05, 0) is 50.2 Å². The van der Waals surface area contributed by atoms with E-state index in [2.05, 4.69) is 15.6 Å². The number of carbonyl (C=O) groups is 2. The zero-order valence-corrected chi connectivity index (χ0v) is 14.8. The van der Waals surface area contributed by atoms with E-state index in [9.17, 15) is 9.59 Å². The zero-order valence-electron chi connectivity index (χ0n) is 14.8. The number of aromatic nitrogens is 3. The molecule has 136 valence electrons. The van der Waals surface area contributed by atoms with Crippen molar-refractivity contribution in [3.8, 4) is 6.07 Å². The molecule has 0 fully saturated rings. The first kappa shape index (κ1) is 18.1. The Morgan fingerprint density at radius 2 is 2.11 bits per heavy atom. The van der Waals surface area contributed by atoms with E-state index in [0.717, 1.165) is 5.52 Å². The largest absolute Gasteiger partial charge is 0.449 e. The van der Waals surface area contributed by atoms with Crippen LogP contribution in [-0.2, 0) is 16.1 Å². The average Bonchev–Trinajstić information content (AvgIpc) is 3.10. The minimum absolute atomic E-state index is 0.289. The van der Waals surface area contributed by atoms with Crippen LogP contribution in [0.2, 0.25) is 0 Å². The maximum absolute atomic E-state index is 12.3. The van der Waals surface area contributed by atoms with Crippen molar-refractivity contribution in [3.63, 3.8) is 0 Å². The number of nitriles is 1. The monoisotopic (exact) mass is 363 g/mol. The summed E-state index contributed by atoms with van der Waals surface area (Å²) in [4.78, 5) is 24.6. The van der Waals surface area contributed by atoms with Crippen molar-refractivity contribution < 1.29 is 14.3 Å². The second-order valence-electron chi connectivity index (χ2n) is 5.84. The molecular formula is C19H17N5O3. The van der Waals surface area contributed by atoms with Crippen molar-refractivity contribution in [2.24, 2.45) is 0 Å². The standard InChI is InChI=1S/C19H17N5O3/c1-3-24-17-8-7-14(10-16(17)22-23-24)19(26)27-12(2)18(25)21-15-6-4-5-13(9-15)11-20/h4-10,12H,3H2,1-2H3,(H,21,25)/t12-/m0/s1. The Hall–Kier alpha value is -3.73. The predicted molar refractivity (Wildman–Crippen MR) is 97.9 cm³/mol. The Labute approximate surface area is 155 Å². The minimum atomic E-state index is -1.01. The molecular weight excluding hydrogens is 346 g/mol. The van der Waals surface area contributed by atoms with Gasteiger partial charge in [-0.1, -0.05) is 11.3 Å². The molecule has 1 atom stereocenters. The summed E-state index contributed by atoms with van der Waals surface area (Å²) in [6, 6.07) is 13.4. The molecule has 0 bridgehead atoms. The number of rotatable bonds is 5. The smallest absolute Gasteiger partial charge is 0.338 e. The molecule has 0 aliphatic carbocycles. The van der Waals surface area contributed by atoms with E-state index in [1.807, 2.05) is 13.0 Å². The number of nitrogens with zero attached hydrogens (tertiary/aromatic N) is 4. The third kappa shape index (κ3) is 3.93. The fourth-order valence-electron chi connectivity index (χ4n) is 2.53. The van der Waals surface area contributed by atoms with Crippen LogP contribution < -0.4 is 5.32 Å². The number of anilines is 1. The molecule has 8 heteroatoms. The van der Waals surface area contributed by atoms with Gasteiger partial charge < -0.3 is 10.1 Å². The molecule has 1 aromatic heterocycles. The van der Waals surface area contributed by atoms with Gasteiger partial charge in [0.25, 0.3) is 5.91 Å². The number of benzene rings is 2. The van der Waals surface area contributed by atoms with Gasteiger partial charge >= 0.3 is 5.97 Å². The highest BCUT2D eigenvalue weighted by Crippen LogP contribution is 2.15. The van der Waals surface area contributed by atoms with E-state index in [0.29, 0.717) is 23.3 Å². The summed E-state index contributed by atoms with van der Waals surface area (Å²) in [5.74, 6) is -1.12. The van der Waals surface area contributed by atoms with Crippen LogP contribution in [0.5, 0.6) is 0 Å². The molecule has 1 amide bonds. The third-order valence-corrected chi connectivity index (χ3v) is 3.96. The van der Waals surface area contributed by atoms with Crippen molar-refractivity contribution in [3.05, 3.63) is 53.6 Å². The Morgan fingerprint density at radius 1 is 1.30 bits per heavy atom. The molecule has 0 saturated carbocycles. The number of esters is 1. The number of aryl methyl sites for hydroxylation is 1. The fraction of sp³-hybridized carbons (Fsp3) is 0.211. The number of hydrogen-bond acceptors (Lipinski definition) is 6. The summed E-state index contributed by atoms with van der Waals surface area (Å²) in [5, 5.41) is 19.5. The number of hydrogen-bond donors (Lipinski definition) is 1. The van der Waals surface area contributed by atoms with E-state index >= 15 is 0 Å². The summed E-state index contributed by atoms with van der Waals surface area (Å²) in [7, 11) is 0. The van der Waals surface area contributed by atoms with Crippen LogP contribution in [-0.4, -0.2) is 33.0 Å². The summed E-state index contributed by atoms with van der Waals surface area (Å²) < 4.78 is 6.96. The highest BCUT2D eigenvalue weighted by atomic mass is 16.5. The summed E-state index contributed by atoms with van der Waals surface area (Å²) >= 11 is 0. The lowest BCUT2D eigenvalue weighted by molar-refractivity contribution is -0.123. The maximum Gasteiger partial charge on any atom is 0.338 e. The molecule has 3 rings (SSSR count). The molecule has 1 N–H and O–H groups in total. The highest BCUT2D eigenvalue weighted by molar-refractivity contribution is 5.98. The molecule has 2 aromatic carbocycles. The topological polar surface area (TPSA) is 110 Å². The molecule has 0 radical (unpaired) electrons. The van der Waals surface area contributed by atoms with Crippen LogP contribution in [0.4, 0.5) is 5.69 Å². The molecule has 1 heterocycles. The van der Waals surface area contributed by atoms with Crippen LogP contribution in [0, 0.1) is 11.3 Å².